The predicted octanol–water partition coefficient (Wildman–Crippen LogP) is 1.34. The molecule has 0 saturated heterocycles. The van der Waals surface area contributed by atoms with E-state index in [4.69, 9.17) is 0 Å². The second-order valence-corrected chi connectivity index (χ2v) is 5.45. The molecular formula is C4H12O2Si2. The highest BCUT2D eigenvalue weighted by Gasteiger charge is 1.69. The second kappa shape index (κ2) is 7.03. The molecule has 0 heterocycles. The third-order valence-electron chi connectivity index (χ3n) is 0. The van der Waals surface area contributed by atoms with Crippen LogP contribution in [0.15, 0.2) is 0 Å². The highest BCUT2D eigenvalue weighted by molar-refractivity contribution is 6.39. The smallest absolute Gasteiger partial charge is 0.270 e. The zero-order valence-electron chi connectivity index (χ0n) is 5.82. The Balaban J connectivity index is 0. The maximum absolute atomic E-state index is 9.63. The van der Waals surface area contributed by atoms with Crippen LogP contribution in [0.3, 0.4) is 0 Å². The lowest BCUT2D eigenvalue weighted by Gasteiger charge is -1.51. The van der Waals surface area contributed by atoms with Crippen LogP contribution in [0.4, 0.5) is 0 Å². The molecule has 48 valence electrons. The fourth-order valence-electron chi connectivity index (χ4n) is 0. The molecule has 0 spiro atoms. The van der Waals surface area contributed by atoms with Gasteiger partial charge in [0, 0.05) is 0 Å². The van der Waals surface area contributed by atoms with E-state index in [-0.39, 0.29) is 0 Å². The molecule has 0 bridgehead atoms. The minimum Gasteiger partial charge on any atom is -0.389 e. The average Bonchev–Trinajstić information content (AvgIpc) is 1.25. The Labute approximate surface area is 53.2 Å². The van der Waals surface area contributed by atoms with Gasteiger partial charge in [0.1, 0.15) is 0 Å². The van der Waals surface area contributed by atoms with Crippen molar-refractivity contribution in [1.82, 2.24) is 0 Å². The molecule has 0 amide bonds. The van der Waals surface area contributed by atoms with Crippen LogP contribution in [0.1, 0.15) is 0 Å². The third-order valence-corrected chi connectivity index (χ3v) is 0. The van der Waals surface area contributed by atoms with E-state index in [1.165, 1.54) is 0 Å². The summed E-state index contributed by atoms with van der Waals surface area (Å²) in [4.78, 5) is 0. The van der Waals surface area contributed by atoms with Gasteiger partial charge in [-0.3, -0.25) is 0 Å². The normalized spacial score (nSPS) is 6.50. The molecule has 2 nitrogen and oxygen atoms in total. The lowest BCUT2D eigenvalue weighted by molar-refractivity contribution is 0.568. The lowest BCUT2D eigenvalue weighted by Crippen LogP contribution is -1.72. The van der Waals surface area contributed by atoms with E-state index >= 15 is 0 Å². The first-order valence-electron chi connectivity index (χ1n) is 2.41. The summed E-state index contributed by atoms with van der Waals surface area (Å²) in [6, 6.07) is 0. The molecule has 0 fully saturated rings. The van der Waals surface area contributed by atoms with Gasteiger partial charge in [-0.2, -0.15) is 0 Å². The zero-order valence-corrected chi connectivity index (χ0v) is 7.82. The number of rotatable bonds is 0. The van der Waals surface area contributed by atoms with E-state index in [1.807, 2.05) is 0 Å². The summed E-state index contributed by atoms with van der Waals surface area (Å²) in [6.45, 7) is 6.85. The predicted molar refractivity (Wildman–Crippen MR) is 36.3 cm³/mol. The van der Waals surface area contributed by atoms with E-state index in [2.05, 4.69) is 0 Å². The van der Waals surface area contributed by atoms with Gasteiger partial charge in [-0.1, -0.05) is 0 Å². The van der Waals surface area contributed by atoms with Gasteiger partial charge in [0.15, 0.2) is 0 Å². The number of hydrogen-bond acceptors (Lipinski definition) is 2. The minimum atomic E-state index is -1.13. The number of hydrogen-bond donors (Lipinski definition) is 0. The van der Waals surface area contributed by atoms with Crippen molar-refractivity contribution < 1.29 is 8.92 Å². The summed E-state index contributed by atoms with van der Waals surface area (Å²) in [6.07, 6.45) is 0. The Hall–Kier alpha value is 0.0338. The highest BCUT2D eigenvalue weighted by atomic mass is 28.3. The largest absolute Gasteiger partial charge is 0.389 e. The molecule has 0 unspecified atom stereocenters. The zero-order chi connectivity index (χ0) is 7.15. The summed E-state index contributed by atoms with van der Waals surface area (Å²) in [5, 5.41) is 0. The van der Waals surface area contributed by atoms with Crippen LogP contribution in [-0.2, 0) is 8.92 Å². The van der Waals surface area contributed by atoms with Crippen LogP contribution in [-0.4, -0.2) is 17.4 Å². The molecule has 0 aliphatic heterocycles. The maximum Gasteiger partial charge on any atom is 0.270 e. The average molecular weight is 148 g/mol. The molecule has 0 aromatic heterocycles. The molecule has 0 radical (unpaired) electrons. The van der Waals surface area contributed by atoms with Crippen molar-refractivity contribution in [2.24, 2.45) is 0 Å². The van der Waals surface area contributed by atoms with Gasteiger partial charge in [-0.25, -0.2) is 0 Å². The topological polar surface area (TPSA) is 34.1 Å². The van der Waals surface area contributed by atoms with Gasteiger partial charge in [0.2, 0.25) is 0 Å². The first kappa shape index (κ1) is 10.9. The van der Waals surface area contributed by atoms with E-state index < -0.39 is 17.4 Å². The SMILES string of the molecule is C[Si](C)=O.C[Si](C)=O. The van der Waals surface area contributed by atoms with Gasteiger partial charge in [0.05, 0.1) is 0 Å². The highest BCUT2D eigenvalue weighted by Crippen LogP contribution is 1.50. The third kappa shape index (κ3) is 134000. The summed E-state index contributed by atoms with van der Waals surface area (Å²) in [5.74, 6) is 0. The van der Waals surface area contributed by atoms with E-state index in [1.54, 1.807) is 26.2 Å². The molecule has 8 heavy (non-hydrogen) atoms. The van der Waals surface area contributed by atoms with E-state index in [0.29, 0.717) is 0 Å². The van der Waals surface area contributed by atoms with Crippen molar-refractivity contribution >= 4 is 17.4 Å². The molecular weight excluding hydrogens is 136 g/mol. The quantitative estimate of drug-likeness (QED) is 0.486. The Morgan fingerprint density at radius 2 is 0.750 bits per heavy atom. The molecule has 4 heteroatoms. The molecule has 0 N–H and O–H groups in total. The fourth-order valence-corrected chi connectivity index (χ4v) is 0. The summed E-state index contributed by atoms with van der Waals surface area (Å²) < 4.78 is 19.3. The molecule has 0 atom stereocenters. The van der Waals surface area contributed by atoms with Crippen molar-refractivity contribution in [2.75, 3.05) is 0 Å². The Morgan fingerprint density at radius 3 is 0.750 bits per heavy atom. The van der Waals surface area contributed by atoms with Crippen LogP contribution in [0.2, 0.25) is 26.2 Å². The van der Waals surface area contributed by atoms with Crippen LogP contribution in [0, 0.1) is 0 Å². The summed E-state index contributed by atoms with van der Waals surface area (Å²) in [5.41, 5.74) is 0. The van der Waals surface area contributed by atoms with Crippen molar-refractivity contribution in [2.45, 2.75) is 26.2 Å². The van der Waals surface area contributed by atoms with Crippen LogP contribution in [0.25, 0.3) is 0 Å². The van der Waals surface area contributed by atoms with Crippen molar-refractivity contribution in [1.29, 1.82) is 0 Å². The summed E-state index contributed by atoms with van der Waals surface area (Å²) >= 11 is 0. The molecule has 0 saturated carbocycles. The molecule has 0 aromatic rings. The monoisotopic (exact) mass is 148 g/mol. The maximum atomic E-state index is 9.63. The van der Waals surface area contributed by atoms with Crippen LogP contribution in [0.5, 0.6) is 0 Å². The molecule has 0 rings (SSSR count). The molecule has 0 aliphatic rings. The van der Waals surface area contributed by atoms with Crippen molar-refractivity contribution in [3.05, 3.63) is 0 Å². The van der Waals surface area contributed by atoms with Gasteiger partial charge in [0.25, 0.3) is 17.4 Å². The van der Waals surface area contributed by atoms with Gasteiger partial charge in [-0.15, -0.1) is 0 Å². The van der Waals surface area contributed by atoms with Crippen LogP contribution >= 0.6 is 0 Å². The Morgan fingerprint density at radius 1 is 0.750 bits per heavy atom. The Bertz CT molecular complexity index is 70.0. The van der Waals surface area contributed by atoms with E-state index in [9.17, 15) is 8.92 Å². The van der Waals surface area contributed by atoms with E-state index in [0.717, 1.165) is 0 Å². The fraction of sp³-hybridized carbons (Fsp3) is 1.00. The van der Waals surface area contributed by atoms with Gasteiger partial charge < -0.3 is 8.92 Å². The first-order valence-corrected chi connectivity index (χ1v) is 7.22. The summed E-state index contributed by atoms with van der Waals surface area (Å²) in [7, 11) is -2.26. The standard InChI is InChI=1S/2C2H6OSi/c2*1-4(2)3/h2*1-2H3. The van der Waals surface area contributed by atoms with Crippen LogP contribution < -0.4 is 0 Å². The lowest BCUT2D eigenvalue weighted by atomic mass is 11.9. The van der Waals surface area contributed by atoms with Crippen molar-refractivity contribution in [3.63, 3.8) is 0 Å². The Kier molecular flexibility index (Phi) is 9.60. The first-order chi connectivity index (χ1) is 3.46. The van der Waals surface area contributed by atoms with Gasteiger partial charge in [-0.05, 0) is 26.2 Å². The van der Waals surface area contributed by atoms with Crippen molar-refractivity contribution in [3.8, 4) is 0 Å². The second-order valence-electron chi connectivity index (χ2n) is 1.82. The molecule has 0 aliphatic carbocycles. The molecule has 0 aromatic carbocycles. The minimum absolute atomic E-state index is 1.13. The van der Waals surface area contributed by atoms with Gasteiger partial charge >= 0.3 is 0 Å².